The molecule has 0 aromatic heterocycles. The lowest BCUT2D eigenvalue weighted by Crippen LogP contribution is -2.60. The van der Waals surface area contributed by atoms with Gasteiger partial charge in [0.25, 0.3) is 0 Å². The Labute approximate surface area is 205 Å². The highest BCUT2D eigenvalue weighted by molar-refractivity contribution is 4.86. The highest BCUT2D eigenvalue weighted by Crippen LogP contribution is 2.44. The van der Waals surface area contributed by atoms with Gasteiger partial charge in [-0.2, -0.15) is 4.89 Å². The van der Waals surface area contributed by atoms with E-state index in [2.05, 4.69) is 41.5 Å². The van der Waals surface area contributed by atoms with E-state index in [1.54, 1.807) is 0 Å². The SMILES string of the molecule is CCCCCOC(OOCCC(C)C)(OC(C)(C)C)C(C)(C)C(OCCCC)OCC(C)C. The van der Waals surface area contributed by atoms with E-state index in [1.807, 2.05) is 34.6 Å². The molecule has 33 heavy (non-hydrogen) atoms. The molecular formula is C27H56O6. The lowest BCUT2D eigenvalue weighted by atomic mass is 9.88. The zero-order valence-electron chi connectivity index (χ0n) is 23.8. The van der Waals surface area contributed by atoms with Crippen LogP contribution in [0.2, 0.25) is 0 Å². The molecule has 0 aliphatic carbocycles. The Morgan fingerprint density at radius 3 is 1.85 bits per heavy atom. The molecule has 0 N–H and O–H groups in total. The van der Waals surface area contributed by atoms with Crippen LogP contribution in [0.25, 0.3) is 0 Å². The van der Waals surface area contributed by atoms with E-state index in [0.29, 0.717) is 38.3 Å². The van der Waals surface area contributed by atoms with Gasteiger partial charge in [-0.3, -0.25) is 0 Å². The Morgan fingerprint density at radius 1 is 0.697 bits per heavy atom. The fourth-order valence-corrected chi connectivity index (χ4v) is 3.08. The van der Waals surface area contributed by atoms with Crippen LogP contribution < -0.4 is 0 Å². The molecule has 6 heteroatoms. The number of ether oxygens (including phenoxy) is 4. The second-order valence-corrected chi connectivity index (χ2v) is 11.4. The molecule has 0 bridgehead atoms. The molecule has 0 rings (SSSR count). The van der Waals surface area contributed by atoms with Gasteiger partial charge in [0.2, 0.25) is 0 Å². The van der Waals surface area contributed by atoms with Gasteiger partial charge in [-0.1, -0.05) is 60.8 Å². The Balaban J connectivity index is 6.05. The van der Waals surface area contributed by atoms with Crippen molar-refractivity contribution in [2.45, 2.75) is 133 Å². The van der Waals surface area contributed by atoms with Gasteiger partial charge < -0.3 is 18.9 Å². The van der Waals surface area contributed by atoms with Crippen LogP contribution in [0.3, 0.4) is 0 Å². The van der Waals surface area contributed by atoms with Crippen LogP contribution in [0.4, 0.5) is 0 Å². The zero-order chi connectivity index (χ0) is 25.5. The number of hydrogen-bond acceptors (Lipinski definition) is 6. The predicted molar refractivity (Wildman–Crippen MR) is 135 cm³/mol. The molecule has 0 radical (unpaired) electrons. The first-order valence-electron chi connectivity index (χ1n) is 13.2. The molecular weight excluding hydrogens is 420 g/mol. The van der Waals surface area contributed by atoms with Crippen LogP contribution >= 0.6 is 0 Å². The first kappa shape index (κ1) is 32.8. The summed E-state index contributed by atoms with van der Waals surface area (Å²) in [6.45, 7) is 25.0. The molecule has 0 fully saturated rings. The third-order valence-corrected chi connectivity index (χ3v) is 5.15. The summed E-state index contributed by atoms with van der Waals surface area (Å²) >= 11 is 0. The van der Waals surface area contributed by atoms with Crippen LogP contribution in [-0.4, -0.2) is 44.3 Å². The van der Waals surface area contributed by atoms with Crippen molar-refractivity contribution in [3.8, 4) is 0 Å². The largest absolute Gasteiger partial charge is 0.352 e. The lowest BCUT2D eigenvalue weighted by Gasteiger charge is -2.49. The van der Waals surface area contributed by atoms with E-state index in [0.717, 1.165) is 38.5 Å². The van der Waals surface area contributed by atoms with Crippen LogP contribution in [-0.2, 0) is 28.7 Å². The summed E-state index contributed by atoms with van der Waals surface area (Å²) in [5.41, 5.74) is -1.37. The van der Waals surface area contributed by atoms with Crippen LogP contribution in [0.15, 0.2) is 0 Å². The average molecular weight is 477 g/mol. The molecule has 0 aromatic carbocycles. The quantitative estimate of drug-likeness (QED) is 0.0785. The van der Waals surface area contributed by atoms with E-state index in [-0.39, 0.29) is 0 Å². The van der Waals surface area contributed by atoms with Crippen molar-refractivity contribution in [3.63, 3.8) is 0 Å². The topological polar surface area (TPSA) is 55.4 Å². The first-order chi connectivity index (χ1) is 15.3. The maximum absolute atomic E-state index is 6.54. The Bertz CT molecular complexity index is 472. The highest BCUT2D eigenvalue weighted by Gasteiger charge is 2.58. The average Bonchev–Trinajstić information content (AvgIpc) is 2.69. The highest BCUT2D eigenvalue weighted by atomic mass is 17.3. The van der Waals surface area contributed by atoms with Crippen LogP contribution in [0.5, 0.6) is 0 Å². The summed E-state index contributed by atoms with van der Waals surface area (Å²) in [6, 6.07) is 0. The monoisotopic (exact) mass is 476 g/mol. The second kappa shape index (κ2) is 16.4. The minimum Gasteiger partial charge on any atom is -0.352 e. The number of unbranched alkanes of at least 4 members (excludes halogenated alkanes) is 3. The number of rotatable bonds is 20. The second-order valence-electron chi connectivity index (χ2n) is 11.4. The van der Waals surface area contributed by atoms with Crippen molar-refractivity contribution < 1.29 is 28.7 Å². The Kier molecular flexibility index (Phi) is 16.3. The fourth-order valence-electron chi connectivity index (χ4n) is 3.08. The van der Waals surface area contributed by atoms with Crippen molar-refractivity contribution >= 4 is 0 Å². The molecule has 0 amide bonds. The van der Waals surface area contributed by atoms with Gasteiger partial charge in [0.05, 0.1) is 30.8 Å². The molecule has 0 aliphatic heterocycles. The smallest absolute Gasteiger partial charge is 0.322 e. The summed E-state index contributed by atoms with van der Waals surface area (Å²) in [4.78, 5) is 11.8. The first-order valence-corrected chi connectivity index (χ1v) is 13.2. The van der Waals surface area contributed by atoms with Gasteiger partial charge in [-0.25, -0.2) is 4.89 Å². The minimum atomic E-state index is -1.50. The third kappa shape index (κ3) is 13.4. The number of hydrogen-bond donors (Lipinski definition) is 0. The summed E-state index contributed by atoms with van der Waals surface area (Å²) in [5, 5.41) is 0. The molecule has 0 aliphatic rings. The molecule has 0 heterocycles. The van der Waals surface area contributed by atoms with Gasteiger partial charge >= 0.3 is 5.97 Å². The Morgan fingerprint density at radius 2 is 1.33 bits per heavy atom. The van der Waals surface area contributed by atoms with Gasteiger partial charge in [0.1, 0.15) is 0 Å². The van der Waals surface area contributed by atoms with Crippen molar-refractivity contribution in [2.24, 2.45) is 17.3 Å². The summed E-state index contributed by atoms with van der Waals surface area (Å²) in [5.74, 6) is -0.627. The maximum atomic E-state index is 6.54. The normalized spacial score (nSPS) is 15.9. The van der Waals surface area contributed by atoms with Crippen molar-refractivity contribution in [3.05, 3.63) is 0 Å². The van der Waals surface area contributed by atoms with Crippen molar-refractivity contribution in [1.82, 2.24) is 0 Å². The van der Waals surface area contributed by atoms with Crippen molar-refractivity contribution in [2.75, 3.05) is 26.4 Å². The third-order valence-electron chi connectivity index (χ3n) is 5.15. The van der Waals surface area contributed by atoms with Crippen molar-refractivity contribution in [1.29, 1.82) is 0 Å². The van der Waals surface area contributed by atoms with E-state index in [9.17, 15) is 0 Å². The lowest BCUT2D eigenvalue weighted by molar-refractivity contribution is -0.559. The van der Waals surface area contributed by atoms with Crippen LogP contribution in [0, 0.1) is 17.3 Å². The van der Waals surface area contributed by atoms with E-state index in [1.165, 1.54) is 0 Å². The van der Waals surface area contributed by atoms with Gasteiger partial charge in [-0.15, -0.1) is 0 Å². The van der Waals surface area contributed by atoms with E-state index in [4.69, 9.17) is 28.7 Å². The summed E-state index contributed by atoms with van der Waals surface area (Å²) < 4.78 is 25.5. The summed E-state index contributed by atoms with van der Waals surface area (Å²) in [7, 11) is 0. The van der Waals surface area contributed by atoms with Gasteiger partial charge in [0, 0.05) is 6.61 Å². The Hall–Kier alpha value is -0.240. The molecule has 0 saturated carbocycles. The summed E-state index contributed by atoms with van der Waals surface area (Å²) in [6.07, 6.45) is 5.37. The van der Waals surface area contributed by atoms with Gasteiger partial charge in [-0.05, 0) is 65.7 Å². The molecule has 200 valence electrons. The standard InChI is InChI=1S/C27H56O6/c1-12-14-16-19-30-27(32-25(7,8)9,33-31-20-17-22(3)4)26(10,11)24(28-18-15-13-2)29-21-23(5)6/h22-24H,12-21H2,1-11H3. The molecule has 2 unspecified atom stereocenters. The zero-order valence-corrected chi connectivity index (χ0v) is 23.8. The maximum Gasteiger partial charge on any atom is 0.322 e. The molecule has 0 saturated heterocycles. The fraction of sp³-hybridized carbons (Fsp3) is 1.00. The van der Waals surface area contributed by atoms with E-state index < -0.39 is 23.3 Å². The van der Waals surface area contributed by atoms with E-state index >= 15 is 0 Å². The molecule has 0 spiro atoms. The molecule has 2 atom stereocenters. The predicted octanol–water partition coefficient (Wildman–Crippen LogP) is 7.50. The van der Waals surface area contributed by atoms with Gasteiger partial charge in [0.15, 0.2) is 6.29 Å². The molecule has 6 nitrogen and oxygen atoms in total. The molecule has 0 aromatic rings. The van der Waals surface area contributed by atoms with Crippen LogP contribution in [0.1, 0.15) is 115 Å². The minimum absolute atomic E-state index is 0.365.